The summed E-state index contributed by atoms with van der Waals surface area (Å²) in [5.41, 5.74) is 4.17. The molecule has 0 atom stereocenters. The summed E-state index contributed by atoms with van der Waals surface area (Å²) >= 11 is 0. The molecule has 0 aliphatic rings. The number of fused-ring (bicyclic) bond motifs is 2. The summed E-state index contributed by atoms with van der Waals surface area (Å²) < 4.78 is 17.1. The van der Waals surface area contributed by atoms with Crippen LogP contribution in [0.2, 0.25) is 0 Å². The van der Waals surface area contributed by atoms with Gasteiger partial charge < -0.3 is 10.3 Å². The maximum atomic E-state index is 13.9. The third-order valence-electron chi connectivity index (χ3n) is 5.74. The Bertz CT molecular complexity index is 1550. The molecule has 7 nitrogen and oxygen atoms in total. The van der Waals surface area contributed by atoms with Gasteiger partial charge in [-0.1, -0.05) is 30.3 Å². The van der Waals surface area contributed by atoms with Gasteiger partial charge in [0.1, 0.15) is 11.6 Å². The van der Waals surface area contributed by atoms with Gasteiger partial charge in [-0.15, -0.1) is 0 Å². The highest BCUT2D eigenvalue weighted by molar-refractivity contribution is 5.93. The van der Waals surface area contributed by atoms with Gasteiger partial charge in [-0.3, -0.25) is 13.9 Å². The number of H-pyrrole nitrogens is 1. The minimum Gasteiger partial charge on any atom is -0.342 e. The Morgan fingerprint density at radius 3 is 2.64 bits per heavy atom. The number of carbonyl (C=O) groups excluding carboxylic acids is 1. The number of amides is 1. The van der Waals surface area contributed by atoms with E-state index in [2.05, 4.69) is 15.3 Å². The smallest absolute Gasteiger partial charge is 0.328 e. The fourth-order valence-electron chi connectivity index (χ4n) is 4.06. The van der Waals surface area contributed by atoms with E-state index in [1.165, 1.54) is 6.07 Å². The van der Waals surface area contributed by atoms with Crippen molar-refractivity contribution in [3.63, 3.8) is 0 Å². The summed E-state index contributed by atoms with van der Waals surface area (Å²) in [7, 11) is 1.72. The first-order chi connectivity index (χ1) is 16.0. The average molecular weight is 443 g/mol. The molecule has 2 aromatic heterocycles. The Morgan fingerprint density at radius 1 is 1.06 bits per heavy atom. The number of nitrogens with one attached hydrogen (secondary N) is 2. The summed E-state index contributed by atoms with van der Waals surface area (Å²) in [5, 5.41) is 2.88. The summed E-state index contributed by atoms with van der Waals surface area (Å²) in [5.74, 6) is 0.186. The highest BCUT2D eigenvalue weighted by Crippen LogP contribution is 2.20. The van der Waals surface area contributed by atoms with Crippen molar-refractivity contribution in [3.05, 3.63) is 94.4 Å². The molecule has 0 unspecified atom stereocenters. The van der Waals surface area contributed by atoms with Gasteiger partial charge in [-0.05, 0) is 42.0 Å². The Morgan fingerprint density at radius 2 is 1.82 bits per heavy atom. The van der Waals surface area contributed by atoms with Crippen molar-refractivity contribution in [2.45, 2.75) is 19.4 Å². The number of aromatic amines is 1. The first-order valence-corrected chi connectivity index (χ1v) is 10.7. The van der Waals surface area contributed by atoms with E-state index in [0.29, 0.717) is 23.5 Å². The molecule has 0 aliphatic carbocycles. The van der Waals surface area contributed by atoms with Crippen LogP contribution in [0.3, 0.4) is 0 Å². The maximum Gasteiger partial charge on any atom is 0.328 e. The van der Waals surface area contributed by atoms with Gasteiger partial charge in [0, 0.05) is 32.1 Å². The number of benzene rings is 3. The van der Waals surface area contributed by atoms with E-state index < -0.39 is 0 Å². The number of para-hydroxylation sites is 2. The highest BCUT2D eigenvalue weighted by Gasteiger charge is 2.12. The molecule has 2 N–H and O–H groups in total. The van der Waals surface area contributed by atoms with Crippen LogP contribution in [0.5, 0.6) is 0 Å². The number of halogens is 1. The highest BCUT2D eigenvalue weighted by atomic mass is 19.1. The molecule has 3 aromatic carbocycles. The lowest BCUT2D eigenvalue weighted by molar-refractivity contribution is -0.116. The van der Waals surface area contributed by atoms with Crippen LogP contribution in [0.4, 0.5) is 10.1 Å². The summed E-state index contributed by atoms with van der Waals surface area (Å²) in [4.78, 5) is 32.8. The van der Waals surface area contributed by atoms with E-state index in [-0.39, 0.29) is 30.4 Å². The van der Waals surface area contributed by atoms with Gasteiger partial charge in [0.25, 0.3) is 0 Å². The lowest BCUT2D eigenvalue weighted by Crippen LogP contribution is -2.24. The fraction of sp³-hybridized carbons (Fsp3) is 0.160. The standard InChI is InChI=1S/C25H22FN5O2/c1-30-21-8-4-5-9-22(21)31(25(30)33)13-12-24(32)27-17-10-11-19-20(15-17)29-23(28-19)14-16-6-2-3-7-18(16)26/h2-11,15H,12-14H2,1H3,(H,27,32)(H,28,29). The number of carbonyl (C=O) groups is 1. The molecular formula is C25H22FN5O2. The molecule has 5 rings (SSSR count). The zero-order valence-electron chi connectivity index (χ0n) is 18.0. The zero-order valence-corrected chi connectivity index (χ0v) is 18.0. The van der Waals surface area contributed by atoms with E-state index >= 15 is 0 Å². The van der Waals surface area contributed by atoms with Crippen LogP contribution in [0.15, 0.2) is 71.5 Å². The molecule has 1 amide bonds. The van der Waals surface area contributed by atoms with E-state index in [4.69, 9.17) is 0 Å². The van der Waals surface area contributed by atoms with E-state index in [1.54, 1.807) is 46.5 Å². The van der Waals surface area contributed by atoms with E-state index in [0.717, 1.165) is 22.1 Å². The number of hydrogen-bond donors (Lipinski definition) is 2. The van der Waals surface area contributed by atoms with Crippen LogP contribution in [-0.4, -0.2) is 25.0 Å². The van der Waals surface area contributed by atoms with E-state index in [9.17, 15) is 14.0 Å². The van der Waals surface area contributed by atoms with Crippen molar-refractivity contribution in [3.8, 4) is 0 Å². The molecule has 166 valence electrons. The molecule has 0 spiro atoms. The monoisotopic (exact) mass is 443 g/mol. The Balaban J connectivity index is 1.28. The molecule has 8 heteroatoms. The minimum absolute atomic E-state index is 0.148. The zero-order chi connectivity index (χ0) is 22.9. The third-order valence-corrected chi connectivity index (χ3v) is 5.74. The molecular weight excluding hydrogens is 421 g/mol. The molecule has 0 fully saturated rings. The fourth-order valence-corrected chi connectivity index (χ4v) is 4.06. The Hall–Kier alpha value is -4.20. The predicted molar refractivity (Wildman–Crippen MR) is 126 cm³/mol. The third kappa shape index (κ3) is 4.03. The van der Waals surface area contributed by atoms with Crippen LogP contribution in [-0.2, 0) is 24.8 Å². The SMILES string of the molecule is Cn1c(=O)n(CCC(=O)Nc2ccc3nc(Cc4ccccc4F)[nH]c3c2)c2ccccc21. The van der Waals surface area contributed by atoms with Gasteiger partial charge in [0.15, 0.2) is 0 Å². The number of aryl methyl sites for hydroxylation is 2. The van der Waals surface area contributed by atoms with Crippen molar-refractivity contribution in [2.75, 3.05) is 5.32 Å². The van der Waals surface area contributed by atoms with E-state index in [1.807, 2.05) is 30.3 Å². The number of imidazole rings is 2. The second-order valence-electron chi connectivity index (χ2n) is 7.96. The van der Waals surface area contributed by atoms with Gasteiger partial charge in [-0.25, -0.2) is 14.2 Å². The second kappa shape index (κ2) is 8.38. The molecule has 2 heterocycles. The van der Waals surface area contributed by atoms with Crippen LogP contribution in [0.25, 0.3) is 22.1 Å². The number of anilines is 1. The lowest BCUT2D eigenvalue weighted by atomic mass is 10.1. The van der Waals surface area contributed by atoms with Crippen molar-refractivity contribution < 1.29 is 9.18 Å². The van der Waals surface area contributed by atoms with Crippen LogP contribution < -0.4 is 11.0 Å². The number of rotatable bonds is 6. The van der Waals surface area contributed by atoms with Gasteiger partial charge in [0.05, 0.1) is 22.1 Å². The molecule has 0 aliphatic heterocycles. The number of hydrogen-bond acceptors (Lipinski definition) is 3. The van der Waals surface area contributed by atoms with Crippen LogP contribution >= 0.6 is 0 Å². The summed E-state index contributed by atoms with van der Waals surface area (Å²) in [6, 6.07) is 19.5. The largest absolute Gasteiger partial charge is 0.342 e. The Kier molecular flexibility index (Phi) is 5.26. The molecule has 0 radical (unpaired) electrons. The number of aromatic nitrogens is 4. The van der Waals surface area contributed by atoms with Crippen molar-refractivity contribution >= 4 is 33.7 Å². The van der Waals surface area contributed by atoms with Gasteiger partial charge >= 0.3 is 5.69 Å². The Labute approximate surface area is 188 Å². The van der Waals surface area contributed by atoms with Crippen molar-refractivity contribution in [1.29, 1.82) is 0 Å². The average Bonchev–Trinajstić information content (AvgIpc) is 3.32. The van der Waals surface area contributed by atoms with Crippen molar-refractivity contribution in [2.24, 2.45) is 7.05 Å². The molecule has 33 heavy (non-hydrogen) atoms. The second-order valence-corrected chi connectivity index (χ2v) is 7.96. The molecule has 0 saturated carbocycles. The summed E-state index contributed by atoms with van der Waals surface area (Å²) in [6.45, 7) is 0.283. The molecule has 5 aromatic rings. The predicted octanol–water partition coefficient (Wildman–Crippen LogP) is 3.98. The van der Waals surface area contributed by atoms with Crippen molar-refractivity contribution in [1.82, 2.24) is 19.1 Å². The van der Waals surface area contributed by atoms with Gasteiger partial charge in [0.2, 0.25) is 5.91 Å². The first kappa shape index (κ1) is 20.7. The lowest BCUT2D eigenvalue weighted by Gasteiger charge is -2.06. The first-order valence-electron chi connectivity index (χ1n) is 10.7. The van der Waals surface area contributed by atoms with Crippen LogP contribution in [0, 0.1) is 5.82 Å². The topological polar surface area (TPSA) is 84.7 Å². The van der Waals surface area contributed by atoms with Gasteiger partial charge in [-0.2, -0.15) is 0 Å². The maximum absolute atomic E-state index is 13.9. The number of nitrogens with zero attached hydrogens (tertiary/aromatic N) is 3. The summed E-state index contributed by atoms with van der Waals surface area (Å²) in [6.07, 6.45) is 0.510. The van der Waals surface area contributed by atoms with Crippen LogP contribution in [0.1, 0.15) is 17.8 Å². The molecule has 0 saturated heterocycles. The minimum atomic E-state index is -0.267. The normalized spacial score (nSPS) is 11.3. The quantitative estimate of drug-likeness (QED) is 0.416. The molecule has 0 bridgehead atoms.